The molecule has 0 saturated carbocycles. The first kappa shape index (κ1) is 16.1. The Labute approximate surface area is 140 Å². The van der Waals surface area contributed by atoms with Crippen LogP contribution in [0.4, 0.5) is 11.4 Å². The topological polar surface area (TPSA) is 66.7 Å². The molecule has 1 aliphatic heterocycles. The quantitative estimate of drug-likeness (QED) is 0.642. The van der Waals surface area contributed by atoms with Crippen LogP contribution in [-0.4, -0.2) is 36.4 Å². The monoisotopic (exact) mass is 325 g/mol. The van der Waals surface area contributed by atoms with Crippen LogP contribution in [0.25, 0.3) is 0 Å². The van der Waals surface area contributed by atoms with E-state index in [0.29, 0.717) is 12.1 Å². The summed E-state index contributed by atoms with van der Waals surface area (Å²) in [7, 11) is 4.07. The molecule has 24 heavy (non-hydrogen) atoms. The third-order valence-corrected chi connectivity index (χ3v) is 4.41. The minimum atomic E-state index is -0.466. The third-order valence-electron chi connectivity index (χ3n) is 4.41. The molecule has 1 atom stereocenters. The molecule has 1 unspecified atom stereocenters. The van der Waals surface area contributed by atoms with Gasteiger partial charge in [-0.25, -0.2) is 0 Å². The van der Waals surface area contributed by atoms with E-state index in [1.165, 1.54) is 24.3 Å². The fraction of sp³-hybridized carbons (Fsp3) is 0.278. The Morgan fingerprint density at radius 3 is 2.46 bits per heavy atom. The van der Waals surface area contributed by atoms with Crippen LogP contribution in [0.5, 0.6) is 0 Å². The second kappa shape index (κ2) is 6.41. The third kappa shape index (κ3) is 2.88. The Hall–Kier alpha value is -2.73. The Bertz CT molecular complexity index is 771. The Morgan fingerprint density at radius 2 is 1.83 bits per heavy atom. The van der Waals surface area contributed by atoms with Crippen molar-refractivity contribution in [3.63, 3.8) is 0 Å². The molecule has 0 N–H and O–H groups in total. The van der Waals surface area contributed by atoms with Gasteiger partial charge in [0, 0.05) is 36.0 Å². The van der Waals surface area contributed by atoms with Crippen molar-refractivity contribution in [2.75, 3.05) is 25.5 Å². The van der Waals surface area contributed by atoms with Gasteiger partial charge in [-0.05, 0) is 44.3 Å². The number of para-hydroxylation sites is 1. The molecule has 124 valence electrons. The fourth-order valence-corrected chi connectivity index (χ4v) is 3.17. The molecule has 0 saturated heterocycles. The van der Waals surface area contributed by atoms with E-state index in [2.05, 4.69) is 11.0 Å². The van der Waals surface area contributed by atoms with Crippen molar-refractivity contribution in [3.8, 4) is 0 Å². The first-order valence-corrected chi connectivity index (χ1v) is 7.80. The van der Waals surface area contributed by atoms with Gasteiger partial charge in [0.2, 0.25) is 0 Å². The summed E-state index contributed by atoms with van der Waals surface area (Å²) in [5, 5.41) is 10.8. The average molecular weight is 325 g/mol. The summed E-state index contributed by atoms with van der Waals surface area (Å²) in [6.07, 6.45) is 0.850. The van der Waals surface area contributed by atoms with Gasteiger partial charge in [0.25, 0.3) is 11.6 Å². The maximum Gasteiger partial charge on any atom is 0.269 e. The van der Waals surface area contributed by atoms with Gasteiger partial charge in [0.05, 0.1) is 4.92 Å². The molecule has 2 aromatic rings. The van der Waals surface area contributed by atoms with Crippen LogP contribution in [0.15, 0.2) is 48.5 Å². The molecular weight excluding hydrogens is 306 g/mol. The molecule has 6 heteroatoms. The summed E-state index contributed by atoms with van der Waals surface area (Å²) in [5.74, 6) is -0.130. The van der Waals surface area contributed by atoms with E-state index in [4.69, 9.17) is 0 Å². The van der Waals surface area contributed by atoms with Crippen LogP contribution >= 0.6 is 0 Å². The maximum atomic E-state index is 12.9. The highest BCUT2D eigenvalue weighted by atomic mass is 16.6. The average Bonchev–Trinajstić information content (AvgIpc) is 2.60. The standard InChI is InChI=1S/C18H19N3O3/c1-19(2)16-11-12-20(17-6-4-3-5-15(16)17)18(22)13-7-9-14(10-8-13)21(23)24/h3-10,16H,11-12H2,1-2H3. The minimum Gasteiger partial charge on any atom is -0.308 e. The number of carbonyl (C=O) groups is 1. The lowest BCUT2D eigenvalue weighted by Crippen LogP contribution is -2.39. The number of nitrogens with zero attached hydrogens (tertiary/aromatic N) is 3. The molecule has 0 spiro atoms. The van der Waals surface area contributed by atoms with Crippen LogP contribution in [0.1, 0.15) is 28.4 Å². The molecule has 6 nitrogen and oxygen atoms in total. The maximum absolute atomic E-state index is 12.9. The number of rotatable bonds is 3. The van der Waals surface area contributed by atoms with E-state index < -0.39 is 4.92 Å². The van der Waals surface area contributed by atoms with Crippen LogP contribution in [-0.2, 0) is 0 Å². The van der Waals surface area contributed by atoms with Gasteiger partial charge in [-0.2, -0.15) is 0 Å². The van der Waals surface area contributed by atoms with Gasteiger partial charge in [-0.15, -0.1) is 0 Å². The van der Waals surface area contributed by atoms with Crippen molar-refractivity contribution in [3.05, 3.63) is 69.8 Å². The van der Waals surface area contributed by atoms with E-state index in [1.807, 2.05) is 32.3 Å². The van der Waals surface area contributed by atoms with E-state index in [9.17, 15) is 14.9 Å². The summed E-state index contributed by atoms with van der Waals surface area (Å²) in [4.78, 5) is 27.1. The summed E-state index contributed by atoms with van der Waals surface area (Å²) in [5.41, 5.74) is 2.48. The highest BCUT2D eigenvalue weighted by molar-refractivity contribution is 6.06. The molecule has 1 aliphatic rings. The van der Waals surface area contributed by atoms with Crippen LogP contribution in [0, 0.1) is 10.1 Å². The van der Waals surface area contributed by atoms with Crippen LogP contribution in [0.3, 0.4) is 0 Å². The highest BCUT2D eigenvalue weighted by Gasteiger charge is 2.30. The molecular formula is C18H19N3O3. The number of carbonyl (C=O) groups excluding carboxylic acids is 1. The van der Waals surface area contributed by atoms with Gasteiger partial charge in [0.15, 0.2) is 0 Å². The van der Waals surface area contributed by atoms with E-state index in [0.717, 1.165) is 17.7 Å². The van der Waals surface area contributed by atoms with Crippen molar-refractivity contribution < 1.29 is 9.72 Å². The largest absolute Gasteiger partial charge is 0.308 e. The number of non-ortho nitro benzene ring substituents is 1. The number of hydrogen-bond acceptors (Lipinski definition) is 4. The van der Waals surface area contributed by atoms with Gasteiger partial charge in [-0.3, -0.25) is 14.9 Å². The molecule has 2 aromatic carbocycles. The summed E-state index contributed by atoms with van der Waals surface area (Å²) in [6.45, 7) is 0.621. The Balaban J connectivity index is 1.93. The number of hydrogen-bond donors (Lipinski definition) is 0. The van der Waals surface area contributed by atoms with E-state index in [-0.39, 0.29) is 17.6 Å². The minimum absolute atomic E-state index is 0.0155. The molecule has 0 fully saturated rings. The van der Waals surface area contributed by atoms with Crippen LogP contribution in [0.2, 0.25) is 0 Å². The smallest absolute Gasteiger partial charge is 0.269 e. The molecule has 1 amide bonds. The zero-order valence-electron chi connectivity index (χ0n) is 13.7. The van der Waals surface area contributed by atoms with E-state index >= 15 is 0 Å². The van der Waals surface area contributed by atoms with Crippen molar-refractivity contribution in [1.29, 1.82) is 0 Å². The second-order valence-electron chi connectivity index (χ2n) is 6.09. The van der Waals surface area contributed by atoms with Gasteiger partial charge in [-0.1, -0.05) is 18.2 Å². The van der Waals surface area contributed by atoms with Crippen LogP contribution < -0.4 is 4.90 Å². The zero-order valence-corrected chi connectivity index (χ0v) is 13.7. The predicted molar refractivity (Wildman–Crippen MR) is 92.3 cm³/mol. The predicted octanol–water partition coefficient (Wildman–Crippen LogP) is 3.25. The highest BCUT2D eigenvalue weighted by Crippen LogP contribution is 2.36. The van der Waals surface area contributed by atoms with Gasteiger partial charge in [0.1, 0.15) is 0 Å². The van der Waals surface area contributed by atoms with Gasteiger partial charge < -0.3 is 9.80 Å². The zero-order chi connectivity index (χ0) is 17.3. The number of nitro benzene ring substituents is 1. The summed E-state index contributed by atoms with van der Waals surface area (Å²) in [6, 6.07) is 14.0. The number of amides is 1. The fourth-order valence-electron chi connectivity index (χ4n) is 3.17. The lowest BCUT2D eigenvalue weighted by molar-refractivity contribution is -0.384. The Kier molecular flexibility index (Phi) is 4.31. The first-order valence-electron chi connectivity index (χ1n) is 7.80. The number of fused-ring (bicyclic) bond motifs is 1. The molecule has 0 radical (unpaired) electrons. The molecule has 3 rings (SSSR count). The second-order valence-corrected chi connectivity index (χ2v) is 6.09. The van der Waals surface area contributed by atoms with E-state index in [1.54, 1.807) is 4.90 Å². The molecule has 0 aromatic heterocycles. The summed E-state index contributed by atoms with van der Waals surface area (Å²) < 4.78 is 0. The van der Waals surface area contributed by atoms with Crippen molar-refractivity contribution in [2.24, 2.45) is 0 Å². The molecule has 0 aliphatic carbocycles. The molecule has 0 bridgehead atoms. The lowest BCUT2D eigenvalue weighted by Gasteiger charge is -2.37. The van der Waals surface area contributed by atoms with Crippen molar-refractivity contribution >= 4 is 17.3 Å². The number of nitro groups is 1. The first-order chi connectivity index (χ1) is 11.5. The summed E-state index contributed by atoms with van der Waals surface area (Å²) >= 11 is 0. The normalized spacial score (nSPS) is 16.8. The Morgan fingerprint density at radius 1 is 1.17 bits per heavy atom. The van der Waals surface area contributed by atoms with Crippen molar-refractivity contribution in [2.45, 2.75) is 12.5 Å². The van der Waals surface area contributed by atoms with Gasteiger partial charge >= 0.3 is 0 Å². The molecule has 1 heterocycles. The SMILES string of the molecule is CN(C)C1CCN(C(=O)c2ccc([N+](=O)[O-])cc2)c2ccccc21. The number of anilines is 1. The lowest BCUT2D eigenvalue weighted by atomic mass is 9.95. The number of benzene rings is 2. The van der Waals surface area contributed by atoms with Crippen molar-refractivity contribution in [1.82, 2.24) is 4.90 Å².